The molecule has 1 atom stereocenters. The molecule has 0 radical (unpaired) electrons. The van der Waals surface area contributed by atoms with Gasteiger partial charge in [-0.2, -0.15) is 4.31 Å². The molecule has 2 N–H and O–H groups in total. The van der Waals surface area contributed by atoms with Crippen LogP contribution in [0.15, 0.2) is 23.1 Å². The van der Waals surface area contributed by atoms with Gasteiger partial charge in [0.1, 0.15) is 16.4 Å². The summed E-state index contributed by atoms with van der Waals surface area (Å²) in [5.41, 5.74) is 5.58. The molecule has 1 aliphatic rings. The maximum atomic E-state index is 12.8. The van der Waals surface area contributed by atoms with Gasteiger partial charge in [-0.3, -0.25) is 0 Å². The number of nitrogens with zero attached hydrogens (tertiary/aromatic N) is 1. The molecule has 2 rings (SSSR count). The number of rotatable bonds is 5. The topological polar surface area (TPSA) is 81.9 Å². The third-order valence-electron chi connectivity index (χ3n) is 4.00. The third kappa shape index (κ3) is 3.48. The molecule has 1 fully saturated rings. The summed E-state index contributed by atoms with van der Waals surface area (Å²) in [7, 11) is -0.670. The lowest BCUT2D eigenvalue weighted by Gasteiger charge is -2.23. The fourth-order valence-electron chi connectivity index (χ4n) is 2.47. The van der Waals surface area contributed by atoms with Crippen molar-refractivity contribution in [3.63, 3.8) is 0 Å². The second kappa shape index (κ2) is 7.04. The van der Waals surface area contributed by atoms with Crippen molar-refractivity contribution in [2.45, 2.75) is 18.2 Å². The second-order valence-electron chi connectivity index (χ2n) is 5.62. The molecule has 6 nitrogen and oxygen atoms in total. The molecule has 126 valence electrons. The quantitative estimate of drug-likeness (QED) is 0.869. The van der Waals surface area contributed by atoms with Crippen molar-refractivity contribution in [2.75, 3.05) is 33.9 Å². The molecule has 22 heavy (non-hydrogen) atoms. The summed E-state index contributed by atoms with van der Waals surface area (Å²) < 4.78 is 37.4. The summed E-state index contributed by atoms with van der Waals surface area (Å²) in [5.74, 6) is 0.798. The predicted molar refractivity (Wildman–Crippen MR) is 87.3 cm³/mol. The highest BCUT2D eigenvalue weighted by atomic mass is 35.5. The van der Waals surface area contributed by atoms with Gasteiger partial charge in [-0.1, -0.05) is 6.92 Å². The number of halogens is 1. The maximum Gasteiger partial charge on any atom is 0.246 e. The molecule has 0 spiro atoms. The number of benzene rings is 1. The Hall–Kier alpha value is -1.02. The summed E-state index contributed by atoms with van der Waals surface area (Å²) >= 11 is 0. The van der Waals surface area contributed by atoms with E-state index in [2.05, 4.69) is 0 Å². The van der Waals surface area contributed by atoms with E-state index >= 15 is 0 Å². The zero-order chi connectivity index (χ0) is 15.7. The van der Waals surface area contributed by atoms with Gasteiger partial charge >= 0.3 is 0 Å². The number of hydrogen-bond acceptors (Lipinski definition) is 5. The monoisotopic (exact) mass is 350 g/mol. The van der Waals surface area contributed by atoms with Gasteiger partial charge in [-0.25, -0.2) is 8.42 Å². The maximum absolute atomic E-state index is 12.8. The van der Waals surface area contributed by atoms with Gasteiger partial charge in [0.15, 0.2) is 0 Å². The van der Waals surface area contributed by atoms with E-state index in [0.717, 1.165) is 6.42 Å². The van der Waals surface area contributed by atoms with Gasteiger partial charge in [0, 0.05) is 19.2 Å². The van der Waals surface area contributed by atoms with Crippen LogP contribution >= 0.6 is 12.4 Å². The van der Waals surface area contributed by atoms with Crippen LogP contribution in [0.3, 0.4) is 0 Å². The van der Waals surface area contributed by atoms with E-state index in [4.69, 9.17) is 15.2 Å². The van der Waals surface area contributed by atoms with Gasteiger partial charge in [0.05, 0.1) is 14.2 Å². The lowest BCUT2D eigenvalue weighted by atomic mass is 9.90. The number of methoxy groups -OCH3 is 2. The van der Waals surface area contributed by atoms with Crippen molar-refractivity contribution in [2.24, 2.45) is 11.1 Å². The summed E-state index contributed by atoms with van der Waals surface area (Å²) in [5, 5.41) is 0. The van der Waals surface area contributed by atoms with Crippen molar-refractivity contribution in [3.05, 3.63) is 18.2 Å². The van der Waals surface area contributed by atoms with Crippen molar-refractivity contribution in [1.82, 2.24) is 4.31 Å². The van der Waals surface area contributed by atoms with Gasteiger partial charge < -0.3 is 15.2 Å². The SMILES string of the molecule is COc1ccc(OC)c(S(=O)(=O)N2CCC(C)(CN)C2)c1.Cl. The summed E-state index contributed by atoms with van der Waals surface area (Å²) in [6.07, 6.45) is 0.759. The molecule has 0 aromatic heterocycles. The van der Waals surface area contributed by atoms with Crippen molar-refractivity contribution < 1.29 is 17.9 Å². The van der Waals surface area contributed by atoms with Crippen LogP contribution in [0.4, 0.5) is 0 Å². The van der Waals surface area contributed by atoms with Crippen LogP contribution in [-0.4, -0.2) is 46.6 Å². The summed E-state index contributed by atoms with van der Waals surface area (Å²) in [6, 6.07) is 4.77. The van der Waals surface area contributed by atoms with Crippen LogP contribution in [0.2, 0.25) is 0 Å². The largest absolute Gasteiger partial charge is 0.497 e. The van der Waals surface area contributed by atoms with E-state index in [9.17, 15) is 8.42 Å². The van der Waals surface area contributed by atoms with Gasteiger partial charge in [0.25, 0.3) is 0 Å². The highest BCUT2D eigenvalue weighted by molar-refractivity contribution is 7.89. The Morgan fingerprint density at radius 1 is 1.32 bits per heavy atom. The van der Waals surface area contributed by atoms with Crippen LogP contribution in [0, 0.1) is 5.41 Å². The predicted octanol–water partition coefficient (Wildman–Crippen LogP) is 1.48. The first kappa shape index (κ1) is 19.0. The Morgan fingerprint density at radius 2 is 2.00 bits per heavy atom. The van der Waals surface area contributed by atoms with Crippen LogP contribution in [0.25, 0.3) is 0 Å². The molecule has 1 saturated heterocycles. The number of nitrogens with two attached hydrogens (primary N) is 1. The van der Waals surface area contributed by atoms with E-state index in [0.29, 0.717) is 31.1 Å². The zero-order valence-corrected chi connectivity index (χ0v) is 14.7. The second-order valence-corrected chi connectivity index (χ2v) is 7.53. The molecule has 0 saturated carbocycles. The molecule has 1 aromatic carbocycles. The fourth-order valence-corrected chi connectivity index (χ4v) is 4.24. The minimum Gasteiger partial charge on any atom is -0.497 e. The molecular formula is C14H23ClN2O4S. The average Bonchev–Trinajstić information content (AvgIpc) is 2.90. The van der Waals surface area contributed by atoms with E-state index in [1.807, 2.05) is 6.92 Å². The molecule has 0 amide bonds. The van der Waals surface area contributed by atoms with Crippen LogP contribution in [0.1, 0.15) is 13.3 Å². The first-order chi connectivity index (χ1) is 9.86. The Bertz CT molecular complexity index is 623. The van der Waals surface area contributed by atoms with Gasteiger partial charge in [-0.15, -0.1) is 12.4 Å². The molecule has 0 bridgehead atoms. The molecule has 1 unspecified atom stereocenters. The Morgan fingerprint density at radius 3 is 2.50 bits per heavy atom. The molecule has 1 aromatic rings. The minimum absolute atomic E-state index is 0. The zero-order valence-electron chi connectivity index (χ0n) is 13.0. The van der Waals surface area contributed by atoms with E-state index in [1.54, 1.807) is 12.1 Å². The summed E-state index contributed by atoms with van der Waals surface area (Å²) in [6.45, 7) is 3.36. The molecule has 1 aliphatic heterocycles. The lowest BCUT2D eigenvalue weighted by Crippen LogP contribution is -2.34. The number of ether oxygens (including phenoxy) is 2. The first-order valence-corrected chi connectivity index (χ1v) is 8.22. The minimum atomic E-state index is -3.62. The lowest BCUT2D eigenvalue weighted by molar-refractivity contribution is 0.347. The van der Waals surface area contributed by atoms with Crippen molar-refractivity contribution in [1.29, 1.82) is 0 Å². The third-order valence-corrected chi connectivity index (χ3v) is 5.87. The Labute approximate surface area is 138 Å². The summed E-state index contributed by atoms with van der Waals surface area (Å²) in [4.78, 5) is 0.130. The van der Waals surface area contributed by atoms with E-state index in [-0.39, 0.29) is 22.7 Å². The van der Waals surface area contributed by atoms with Crippen LogP contribution < -0.4 is 15.2 Å². The smallest absolute Gasteiger partial charge is 0.246 e. The number of hydrogen-bond donors (Lipinski definition) is 1. The molecular weight excluding hydrogens is 328 g/mol. The molecule has 0 aliphatic carbocycles. The van der Waals surface area contributed by atoms with Crippen molar-refractivity contribution in [3.8, 4) is 11.5 Å². The highest BCUT2D eigenvalue weighted by Gasteiger charge is 2.40. The highest BCUT2D eigenvalue weighted by Crippen LogP contribution is 2.36. The Balaban J connectivity index is 0.00000242. The normalized spacial score (nSPS) is 22.2. The van der Waals surface area contributed by atoms with Crippen molar-refractivity contribution >= 4 is 22.4 Å². The molecule has 8 heteroatoms. The standard InChI is InChI=1S/C14H22N2O4S.ClH/c1-14(9-15)6-7-16(10-14)21(17,18)13-8-11(19-2)4-5-12(13)20-3;/h4-5,8H,6-7,9-10,15H2,1-3H3;1H. The Kier molecular flexibility index (Phi) is 6.09. The van der Waals surface area contributed by atoms with E-state index < -0.39 is 10.0 Å². The molecule has 1 heterocycles. The first-order valence-electron chi connectivity index (χ1n) is 6.78. The fraction of sp³-hybridized carbons (Fsp3) is 0.571. The van der Waals surface area contributed by atoms with E-state index in [1.165, 1.54) is 24.6 Å². The average molecular weight is 351 g/mol. The van der Waals surface area contributed by atoms with Gasteiger partial charge in [0.2, 0.25) is 10.0 Å². The van der Waals surface area contributed by atoms with Crippen LogP contribution in [-0.2, 0) is 10.0 Å². The van der Waals surface area contributed by atoms with Crippen LogP contribution in [0.5, 0.6) is 11.5 Å². The number of sulfonamides is 1. The van der Waals surface area contributed by atoms with Gasteiger partial charge in [-0.05, 0) is 30.5 Å².